The van der Waals surface area contributed by atoms with Gasteiger partial charge in [-0.1, -0.05) is 11.8 Å². The van der Waals surface area contributed by atoms with Crippen LogP contribution in [0.3, 0.4) is 0 Å². The Morgan fingerprint density at radius 3 is 2.75 bits per heavy atom. The normalized spacial score (nSPS) is 13.7. The third kappa shape index (κ3) is 3.57. The summed E-state index contributed by atoms with van der Waals surface area (Å²) in [6, 6.07) is 9.08. The van der Waals surface area contributed by atoms with Gasteiger partial charge in [-0.25, -0.2) is 0 Å². The lowest BCUT2D eigenvalue weighted by Crippen LogP contribution is -2.23. The minimum atomic E-state index is -0.378. The molecule has 8 nitrogen and oxygen atoms in total. The van der Waals surface area contributed by atoms with Crippen LogP contribution in [0.5, 0.6) is 11.5 Å². The number of carbonyl (C=O) groups excluding carboxylic acids is 1. The smallest absolute Gasteiger partial charge is 0.237 e. The van der Waals surface area contributed by atoms with Crippen molar-refractivity contribution >= 4 is 23.4 Å². The van der Waals surface area contributed by atoms with Gasteiger partial charge in [0.2, 0.25) is 18.5 Å². The van der Waals surface area contributed by atoms with Crippen LogP contribution in [0.1, 0.15) is 26.8 Å². The van der Waals surface area contributed by atoms with Crippen molar-refractivity contribution < 1.29 is 18.7 Å². The highest BCUT2D eigenvalue weighted by molar-refractivity contribution is 8.00. The molecule has 0 spiro atoms. The lowest BCUT2D eigenvalue weighted by atomic mass is 10.2. The molecule has 1 amide bonds. The van der Waals surface area contributed by atoms with Gasteiger partial charge in [0.05, 0.1) is 11.5 Å². The molecule has 0 saturated heterocycles. The fraction of sp³-hybridized carbons (Fsp3) is 0.316. The van der Waals surface area contributed by atoms with E-state index in [1.807, 2.05) is 37.5 Å². The molecule has 146 valence electrons. The first-order valence-electron chi connectivity index (χ1n) is 8.89. The van der Waals surface area contributed by atoms with Gasteiger partial charge in [0.25, 0.3) is 0 Å². The molecule has 9 heteroatoms. The average molecular weight is 400 g/mol. The number of benzene rings is 1. The first-order chi connectivity index (χ1) is 13.5. The molecule has 28 heavy (non-hydrogen) atoms. The van der Waals surface area contributed by atoms with E-state index in [-0.39, 0.29) is 24.0 Å². The van der Waals surface area contributed by atoms with Crippen LogP contribution < -0.4 is 14.8 Å². The van der Waals surface area contributed by atoms with Crippen molar-refractivity contribution in [3.05, 3.63) is 36.6 Å². The number of amides is 1. The number of thioether (sulfide) groups is 1. The van der Waals surface area contributed by atoms with E-state index < -0.39 is 0 Å². The third-order valence-corrected chi connectivity index (χ3v) is 5.27. The van der Waals surface area contributed by atoms with Crippen LogP contribution in [-0.2, 0) is 4.79 Å². The summed E-state index contributed by atoms with van der Waals surface area (Å²) >= 11 is 1.35. The Bertz CT molecular complexity index is 984. The SMILES string of the molecule is CC(Sc1nnc(-c2ccco2)n1C(C)C)C(=O)Nc1ccc2c(c1)OCO2. The Labute approximate surface area is 166 Å². The molecule has 1 atom stereocenters. The molecule has 1 aromatic carbocycles. The zero-order valence-corrected chi connectivity index (χ0v) is 16.5. The fourth-order valence-electron chi connectivity index (χ4n) is 2.83. The number of anilines is 1. The van der Waals surface area contributed by atoms with Crippen molar-refractivity contribution in [3.8, 4) is 23.1 Å². The summed E-state index contributed by atoms with van der Waals surface area (Å²) in [5.74, 6) is 2.45. The van der Waals surface area contributed by atoms with Crippen LogP contribution in [0, 0.1) is 0 Å². The van der Waals surface area contributed by atoms with Gasteiger partial charge in [-0.2, -0.15) is 0 Å². The third-order valence-electron chi connectivity index (χ3n) is 4.21. The van der Waals surface area contributed by atoms with Gasteiger partial charge >= 0.3 is 0 Å². The Kier molecular flexibility index (Phi) is 4.99. The number of aromatic nitrogens is 3. The van der Waals surface area contributed by atoms with Crippen LogP contribution in [0.15, 0.2) is 46.2 Å². The molecule has 1 N–H and O–H groups in total. The number of hydrogen-bond donors (Lipinski definition) is 1. The van der Waals surface area contributed by atoms with Gasteiger partial charge in [0.15, 0.2) is 22.4 Å². The Balaban J connectivity index is 1.49. The van der Waals surface area contributed by atoms with Gasteiger partial charge in [0, 0.05) is 17.8 Å². The standard InChI is InChI=1S/C19H20N4O4S/c1-11(2)23-17(15-5-4-8-25-15)21-22-19(23)28-12(3)18(24)20-13-6-7-14-16(9-13)27-10-26-14/h4-9,11-12H,10H2,1-3H3,(H,20,24). The monoisotopic (exact) mass is 400 g/mol. The van der Waals surface area contributed by atoms with E-state index in [9.17, 15) is 4.79 Å². The molecular weight excluding hydrogens is 380 g/mol. The van der Waals surface area contributed by atoms with E-state index in [1.165, 1.54) is 11.8 Å². The van der Waals surface area contributed by atoms with E-state index in [0.29, 0.717) is 33.9 Å². The topological polar surface area (TPSA) is 91.4 Å². The summed E-state index contributed by atoms with van der Waals surface area (Å²) in [6.07, 6.45) is 1.60. The molecule has 3 heterocycles. The summed E-state index contributed by atoms with van der Waals surface area (Å²) in [6.45, 7) is 6.11. The first kappa shape index (κ1) is 18.4. The number of hydrogen-bond acceptors (Lipinski definition) is 7. The van der Waals surface area contributed by atoms with Crippen molar-refractivity contribution in [2.24, 2.45) is 0 Å². The van der Waals surface area contributed by atoms with Gasteiger partial charge < -0.3 is 19.2 Å². The van der Waals surface area contributed by atoms with E-state index in [4.69, 9.17) is 13.9 Å². The van der Waals surface area contributed by atoms with Gasteiger partial charge in [-0.3, -0.25) is 9.36 Å². The second kappa shape index (κ2) is 7.59. The summed E-state index contributed by atoms with van der Waals surface area (Å²) in [5, 5.41) is 11.7. The fourth-order valence-corrected chi connectivity index (χ4v) is 3.81. The maximum absolute atomic E-state index is 12.7. The summed E-state index contributed by atoms with van der Waals surface area (Å²) in [5.41, 5.74) is 0.656. The van der Waals surface area contributed by atoms with Crippen LogP contribution in [0.2, 0.25) is 0 Å². The second-order valence-electron chi connectivity index (χ2n) is 6.56. The van der Waals surface area contributed by atoms with Crippen molar-refractivity contribution in [1.29, 1.82) is 0 Å². The lowest BCUT2D eigenvalue weighted by molar-refractivity contribution is -0.115. The van der Waals surface area contributed by atoms with Crippen LogP contribution in [0.4, 0.5) is 5.69 Å². The molecule has 1 aliphatic heterocycles. The van der Waals surface area contributed by atoms with E-state index >= 15 is 0 Å². The number of nitrogens with zero attached hydrogens (tertiary/aromatic N) is 3. The average Bonchev–Trinajstić information content (AvgIpc) is 3.41. The molecule has 0 bridgehead atoms. The van der Waals surface area contributed by atoms with Crippen molar-refractivity contribution in [1.82, 2.24) is 14.8 Å². The largest absolute Gasteiger partial charge is 0.461 e. The molecule has 3 aromatic rings. The molecule has 1 unspecified atom stereocenters. The van der Waals surface area contributed by atoms with Crippen LogP contribution in [0.25, 0.3) is 11.6 Å². The second-order valence-corrected chi connectivity index (χ2v) is 7.87. The Morgan fingerprint density at radius 1 is 1.18 bits per heavy atom. The summed E-state index contributed by atoms with van der Waals surface area (Å²) in [4.78, 5) is 12.7. The zero-order valence-electron chi connectivity index (χ0n) is 15.7. The molecule has 4 rings (SSSR count). The highest BCUT2D eigenvalue weighted by Gasteiger charge is 2.23. The van der Waals surface area contributed by atoms with E-state index in [1.54, 1.807) is 24.5 Å². The predicted octanol–water partition coefficient (Wildman–Crippen LogP) is 3.97. The van der Waals surface area contributed by atoms with Gasteiger partial charge in [-0.05, 0) is 45.0 Å². The number of carbonyl (C=O) groups is 1. The lowest BCUT2D eigenvalue weighted by Gasteiger charge is -2.15. The quantitative estimate of drug-likeness (QED) is 0.626. The highest BCUT2D eigenvalue weighted by Crippen LogP contribution is 2.35. The molecule has 0 aliphatic carbocycles. The maximum Gasteiger partial charge on any atom is 0.237 e. The van der Waals surface area contributed by atoms with Gasteiger partial charge in [-0.15, -0.1) is 10.2 Å². The Morgan fingerprint density at radius 2 is 2.00 bits per heavy atom. The molecular formula is C19H20N4O4S. The van der Waals surface area contributed by atoms with E-state index in [2.05, 4.69) is 15.5 Å². The molecule has 1 aliphatic rings. The minimum absolute atomic E-state index is 0.113. The first-order valence-corrected chi connectivity index (χ1v) is 9.77. The Hall–Kier alpha value is -2.94. The highest BCUT2D eigenvalue weighted by atomic mass is 32.2. The summed E-state index contributed by atoms with van der Waals surface area (Å²) in [7, 11) is 0. The number of nitrogens with one attached hydrogen (secondary N) is 1. The van der Waals surface area contributed by atoms with Gasteiger partial charge in [0.1, 0.15) is 0 Å². The summed E-state index contributed by atoms with van der Waals surface area (Å²) < 4.78 is 18.1. The van der Waals surface area contributed by atoms with Crippen LogP contribution in [-0.4, -0.2) is 32.7 Å². The predicted molar refractivity (Wildman–Crippen MR) is 105 cm³/mol. The number of furan rings is 1. The number of ether oxygens (including phenoxy) is 2. The molecule has 0 radical (unpaired) electrons. The molecule has 2 aromatic heterocycles. The zero-order chi connectivity index (χ0) is 19.7. The van der Waals surface area contributed by atoms with Crippen LogP contribution >= 0.6 is 11.8 Å². The van der Waals surface area contributed by atoms with Crippen molar-refractivity contribution in [2.45, 2.75) is 37.2 Å². The number of fused-ring (bicyclic) bond motifs is 1. The minimum Gasteiger partial charge on any atom is -0.461 e. The van der Waals surface area contributed by atoms with Crippen molar-refractivity contribution in [3.63, 3.8) is 0 Å². The molecule has 0 fully saturated rings. The van der Waals surface area contributed by atoms with Crippen molar-refractivity contribution in [2.75, 3.05) is 12.1 Å². The van der Waals surface area contributed by atoms with E-state index in [0.717, 1.165) is 0 Å². The number of rotatable bonds is 6. The maximum atomic E-state index is 12.7. The molecule has 0 saturated carbocycles.